The Bertz CT molecular complexity index is 1460. The van der Waals surface area contributed by atoms with E-state index in [1.807, 2.05) is 35.7 Å². The highest BCUT2D eigenvalue weighted by Crippen LogP contribution is 2.28. The Morgan fingerprint density at radius 1 is 1.00 bits per heavy atom. The highest BCUT2D eigenvalue weighted by Gasteiger charge is 2.26. The number of hydrogen-bond donors (Lipinski definition) is 1. The van der Waals surface area contributed by atoms with Gasteiger partial charge in [-0.05, 0) is 48.2 Å². The zero-order valence-electron chi connectivity index (χ0n) is 20.3. The Labute approximate surface area is 220 Å². The third kappa shape index (κ3) is 5.80. The second-order valence-corrected chi connectivity index (χ2v) is 11.8. The van der Waals surface area contributed by atoms with E-state index in [0.717, 1.165) is 35.2 Å². The third-order valence-electron chi connectivity index (χ3n) is 6.32. The second-order valence-electron chi connectivity index (χ2n) is 8.88. The van der Waals surface area contributed by atoms with Crippen molar-refractivity contribution < 1.29 is 17.9 Å². The molecule has 2 heterocycles. The van der Waals surface area contributed by atoms with Gasteiger partial charge >= 0.3 is 0 Å². The number of nitrogens with zero attached hydrogens (tertiary/aromatic N) is 2. The van der Waals surface area contributed by atoms with Crippen molar-refractivity contribution in [1.29, 1.82) is 0 Å². The van der Waals surface area contributed by atoms with Crippen LogP contribution in [0.15, 0.2) is 89.1 Å². The van der Waals surface area contributed by atoms with Crippen LogP contribution in [0.5, 0.6) is 0 Å². The summed E-state index contributed by atoms with van der Waals surface area (Å²) < 4.78 is 32.6. The zero-order valence-corrected chi connectivity index (χ0v) is 22.0. The van der Waals surface area contributed by atoms with E-state index in [9.17, 15) is 13.2 Å². The number of aromatic nitrogens is 1. The standard InChI is InChI=1S/C28H27N3O4S2/c1-31(18-24-8-5-17-35-24)37(33,34)25-15-13-23(14-16-25)27(32)30-28-29-26(19-36-28)22-11-9-21(10-12-22)20-6-3-2-4-7-20/h2-4,6-7,9-16,19,24H,5,8,17-18H2,1H3,(H,29,30,32). The van der Waals surface area contributed by atoms with Crippen LogP contribution in [0, 0.1) is 0 Å². The molecule has 7 nitrogen and oxygen atoms in total. The van der Waals surface area contributed by atoms with Crippen LogP contribution in [-0.4, -0.2) is 49.9 Å². The summed E-state index contributed by atoms with van der Waals surface area (Å²) in [6.45, 7) is 0.982. The lowest BCUT2D eigenvalue weighted by Crippen LogP contribution is -2.34. The fourth-order valence-corrected chi connectivity index (χ4v) is 6.15. The van der Waals surface area contributed by atoms with Gasteiger partial charge in [0.05, 0.1) is 16.7 Å². The molecule has 0 bridgehead atoms. The summed E-state index contributed by atoms with van der Waals surface area (Å²) in [6.07, 6.45) is 1.73. The van der Waals surface area contributed by atoms with Crippen molar-refractivity contribution in [1.82, 2.24) is 9.29 Å². The summed E-state index contributed by atoms with van der Waals surface area (Å²) in [5.74, 6) is -0.350. The fraction of sp³-hybridized carbons (Fsp3) is 0.214. The van der Waals surface area contributed by atoms with Crippen molar-refractivity contribution in [2.24, 2.45) is 0 Å². The Morgan fingerprint density at radius 2 is 1.68 bits per heavy atom. The minimum absolute atomic E-state index is 0.0742. The number of benzene rings is 3. The van der Waals surface area contributed by atoms with E-state index >= 15 is 0 Å². The number of sulfonamides is 1. The Morgan fingerprint density at radius 3 is 2.35 bits per heavy atom. The number of likely N-dealkylation sites (N-methyl/N-ethyl adjacent to an activating group) is 1. The molecule has 0 radical (unpaired) electrons. The second kappa shape index (κ2) is 10.9. The maximum absolute atomic E-state index is 12.9. The van der Waals surface area contributed by atoms with Crippen LogP contribution in [0.25, 0.3) is 22.4 Å². The van der Waals surface area contributed by atoms with Gasteiger partial charge in [0, 0.05) is 36.7 Å². The molecule has 1 aliphatic heterocycles. The Hall–Kier alpha value is -3.37. The lowest BCUT2D eigenvalue weighted by Gasteiger charge is -2.20. The number of ether oxygens (including phenoxy) is 1. The normalized spacial score (nSPS) is 15.7. The zero-order chi connectivity index (χ0) is 25.8. The van der Waals surface area contributed by atoms with Crippen LogP contribution in [0.3, 0.4) is 0 Å². The van der Waals surface area contributed by atoms with Crippen LogP contribution in [-0.2, 0) is 14.8 Å². The van der Waals surface area contributed by atoms with E-state index in [4.69, 9.17) is 4.74 Å². The molecule has 190 valence electrons. The van der Waals surface area contributed by atoms with Gasteiger partial charge < -0.3 is 4.74 Å². The van der Waals surface area contributed by atoms with E-state index in [1.165, 1.54) is 39.9 Å². The lowest BCUT2D eigenvalue weighted by atomic mass is 10.0. The van der Waals surface area contributed by atoms with Crippen molar-refractivity contribution in [2.45, 2.75) is 23.8 Å². The summed E-state index contributed by atoms with van der Waals surface area (Å²) in [6, 6.07) is 24.2. The minimum atomic E-state index is -3.66. The molecule has 1 aromatic heterocycles. The molecule has 0 aliphatic carbocycles. The SMILES string of the molecule is CN(CC1CCCO1)S(=O)(=O)c1ccc(C(=O)Nc2nc(-c3ccc(-c4ccccc4)cc3)cs2)cc1. The third-order valence-corrected chi connectivity index (χ3v) is 8.92. The molecule has 1 amide bonds. The van der Waals surface area contributed by atoms with Crippen LogP contribution in [0.1, 0.15) is 23.2 Å². The first-order valence-corrected chi connectivity index (χ1v) is 14.3. The first-order chi connectivity index (χ1) is 17.9. The molecular formula is C28H27N3O4S2. The van der Waals surface area contributed by atoms with Crippen molar-refractivity contribution in [2.75, 3.05) is 25.5 Å². The number of anilines is 1. The Kier molecular flexibility index (Phi) is 7.48. The Balaban J connectivity index is 1.22. The average Bonchev–Trinajstić information content (AvgIpc) is 3.62. The van der Waals surface area contributed by atoms with Crippen LogP contribution in [0.4, 0.5) is 5.13 Å². The van der Waals surface area contributed by atoms with Crippen LogP contribution < -0.4 is 5.32 Å². The van der Waals surface area contributed by atoms with Gasteiger partial charge in [-0.25, -0.2) is 13.4 Å². The van der Waals surface area contributed by atoms with Crippen molar-refractivity contribution in [3.63, 3.8) is 0 Å². The van der Waals surface area contributed by atoms with Gasteiger partial charge in [0.15, 0.2) is 5.13 Å². The van der Waals surface area contributed by atoms with Gasteiger partial charge in [-0.15, -0.1) is 11.3 Å². The summed E-state index contributed by atoms with van der Waals surface area (Å²) in [5, 5.41) is 5.17. The molecule has 1 aliphatic rings. The molecular weight excluding hydrogens is 506 g/mol. The van der Waals surface area contributed by atoms with Gasteiger partial charge in [-0.3, -0.25) is 10.1 Å². The molecule has 9 heteroatoms. The first-order valence-electron chi connectivity index (χ1n) is 12.0. The summed E-state index contributed by atoms with van der Waals surface area (Å²) in [7, 11) is -2.12. The van der Waals surface area contributed by atoms with Gasteiger partial charge in [0.25, 0.3) is 5.91 Å². The monoisotopic (exact) mass is 533 g/mol. The highest BCUT2D eigenvalue weighted by atomic mass is 32.2. The predicted octanol–water partition coefficient (Wildman–Crippen LogP) is 5.53. The lowest BCUT2D eigenvalue weighted by molar-refractivity contribution is 0.0979. The maximum atomic E-state index is 12.9. The number of rotatable bonds is 8. The largest absolute Gasteiger partial charge is 0.377 e. The first kappa shape index (κ1) is 25.3. The number of hydrogen-bond acceptors (Lipinski definition) is 6. The van der Waals surface area contributed by atoms with Crippen molar-refractivity contribution in [3.8, 4) is 22.4 Å². The highest BCUT2D eigenvalue weighted by molar-refractivity contribution is 7.89. The van der Waals surface area contributed by atoms with E-state index < -0.39 is 10.0 Å². The van der Waals surface area contributed by atoms with Crippen molar-refractivity contribution >= 4 is 32.4 Å². The summed E-state index contributed by atoms with van der Waals surface area (Å²) in [4.78, 5) is 17.5. The molecule has 0 saturated carbocycles. The van der Waals surface area contributed by atoms with E-state index in [-0.39, 0.29) is 16.9 Å². The number of amides is 1. The summed E-state index contributed by atoms with van der Waals surface area (Å²) in [5.41, 5.74) is 4.35. The average molecular weight is 534 g/mol. The molecule has 0 spiro atoms. The number of carbonyl (C=O) groups excluding carboxylic acids is 1. The number of thiazole rings is 1. The molecule has 1 fully saturated rings. The predicted molar refractivity (Wildman–Crippen MR) is 146 cm³/mol. The maximum Gasteiger partial charge on any atom is 0.257 e. The van der Waals surface area contributed by atoms with Crippen molar-refractivity contribution in [3.05, 3.63) is 89.8 Å². The smallest absolute Gasteiger partial charge is 0.257 e. The van der Waals surface area contributed by atoms with Gasteiger partial charge in [-0.2, -0.15) is 4.31 Å². The minimum Gasteiger partial charge on any atom is -0.377 e. The molecule has 4 aromatic rings. The molecule has 37 heavy (non-hydrogen) atoms. The van der Waals surface area contributed by atoms with Crippen LogP contribution in [0.2, 0.25) is 0 Å². The van der Waals surface area contributed by atoms with Gasteiger partial charge in [0.1, 0.15) is 0 Å². The summed E-state index contributed by atoms with van der Waals surface area (Å²) >= 11 is 1.34. The number of nitrogens with one attached hydrogen (secondary N) is 1. The van der Waals surface area contributed by atoms with Crippen LogP contribution >= 0.6 is 11.3 Å². The topological polar surface area (TPSA) is 88.6 Å². The van der Waals surface area contributed by atoms with E-state index in [2.05, 4.69) is 34.6 Å². The quantitative estimate of drug-likeness (QED) is 0.322. The van der Waals surface area contributed by atoms with Gasteiger partial charge in [-0.1, -0.05) is 54.6 Å². The molecule has 1 atom stereocenters. The van der Waals surface area contributed by atoms with E-state index in [1.54, 1.807) is 7.05 Å². The molecule has 1 N–H and O–H groups in total. The number of carbonyl (C=O) groups is 1. The van der Waals surface area contributed by atoms with Gasteiger partial charge in [0.2, 0.25) is 10.0 Å². The molecule has 3 aromatic carbocycles. The fourth-order valence-electron chi connectivity index (χ4n) is 4.23. The molecule has 1 saturated heterocycles. The van der Waals surface area contributed by atoms with E-state index in [0.29, 0.717) is 23.8 Å². The molecule has 1 unspecified atom stereocenters. The molecule has 5 rings (SSSR count).